The molecule has 0 aliphatic rings. The SMILES string of the molecule is CC#Cc1ccc(C(c2ccc(C#CC)cc2)(c2ccc(C#CC)cc2)c2ccc(C#Cc3ccc(C(c4ccc(C#CC)cc4)(c4ccc(C#CC)cc4)c4ccc(C#CC)cc4)cc3)cc2)cc1. The fraction of sp³-hybridized carbons (Fsp3) is 0.114. The van der Waals surface area contributed by atoms with Crippen LogP contribution < -0.4 is 0 Å². The maximum Gasteiger partial charge on any atom is 0.0701 e. The Morgan fingerprint density at radius 3 is 0.400 bits per heavy atom. The van der Waals surface area contributed by atoms with Gasteiger partial charge >= 0.3 is 0 Å². The highest BCUT2D eigenvalue weighted by Gasteiger charge is 2.40. The molecule has 330 valence electrons. The molecule has 0 atom stereocenters. The first-order valence-corrected chi connectivity index (χ1v) is 23.3. The Labute approximate surface area is 416 Å². The highest BCUT2D eigenvalue weighted by molar-refractivity contribution is 5.65. The quantitative estimate of drug-likeness (QED) is 0.105. The van der Waals surface area contributed by atoms with Gasteiger partial charge in [0.1, 0.15) is 0 Å². The summed E-state index contributed by atoms with van der Waals surface area (Å²) in [6, 6.07) is 69.1. The van der Waals surface area contributed by atoms with Gasteiger partial charge in [0.15, 0.2) is 0 Å². The first-order valence-electron chi connectivity index (χ1n) is 23.3. The molecular formula is C70H50. The normalized spacial score (nSPS) is 10.2. The molecule has 0 amide bonds. The van der Waals surface area contributed by atoms with Crippen LogP contribution in [-0.4, -0.2) is 0 Å². The Hall–Kier alpha value is -9.32. The minimum atomic E-state index is -0.681. The highest BCUT2D eigenvalue weighted by Crippen LogP contribution is 2.47. The van der Waals surface area contributed by atoms with Crippen LogP contribution in [0.2, 0.25) is 0 Å². The molecule has 8 rings (SSSR count). The minimum absolute atomic E-state index is 0.681. The smallest absolute Gasteiger partial charge is 0.0701 e. The van der Waals surface area contributed by atoms with Crippen LogP contribution in [-0.2, 0) is 10.8 Å². The van der Waals surface area contributed by atoms with E-state index in [2.05, 4.69) is 277 Å². The van der Waals surface area contributed by atoms with Crippen LogP contribution >= 0.6 is 0 Å². The summed E-state index contributed by atoms with van der Waals surface area (Å²) in [6.07, 6.45) is 0. The Bertz CT molecular complexity index is 3040. The summed E-state index contributed by atoms with van der Waals surface area (Å²) in [5, 5.41) is 0. The second kappa shape index (κ2) is 22.0. The zero-order valence-corrected chi connectivity index (χ0v) is 40.5. The van der Waals surface area contributed by atoms with E-state index in [1.54, 1.807) is 0 Å². The summed E-state index contributed by atoms with van der Waals surface area (Å²) < 4.78 is 0. The van der Waals surface area contributed by atoms with Crippen LogP contribution in [0, 0.1) is 82.9 Å². The summed E-state index contributed by atoms with van der Waals surface area (Å²) in [5.74, 6) is 44.6. The Kier molecular flexibility index (Phi) is 14.8. The van der Waals surface area contributed by atoms with Gasteiger partial charge < -0.3 is 0 Å². The van der Waals surface area contributed by atoms with Crippen molar-refractivity contribution in [3.63, 3.8) is 0 Å². The lowest BCUT2D eigenvalue weighted by Crippen LogP contribution is -2.31. The molecule has 0 radical (unpaired) electrons. The molecule has 0 heterocycles. The van der Waals surface area contributed by atoms with E-state index in [1.165, 1.54) is 0 Å². The molecular weight excluding hydrogens is 841 g/mol. The van der Waals surface area contributed by atoms with Gasteiger partial charge in [0.25, 0.3) is 0 Å². The number of hydrogen-bond donors (Lipinski definition) is 0. The van der Waals surface area contributed by atoms with Gasteiger partial charge in [-0.15, -0.1) is 35.5 Å². The van der Waals surface area contributed by atoms with Crippen LogP contribution in [0.4, 0.5) is 0 Å². The Balaban J connectivity index is 1.23. The predicted molar refractivity (Wildman–Crippen MR) is 291 cm³/mol. The van der Waals surface area contributed by atoms with E-state index in [-0.39, 0.29) is 0 Å². The minimum Gasteiger partial charge on any atom is -0.101 e. The van der Waals surface area contributed by atoms with Crippen molar-refractivity contribution in [3.8, 4) is 82.9 Å². The van der Waals surface area contributed by atoms with Crippen molar-refractivity contribution in [2.45, 2.75) is 52.4 Å². The monoisotopic (exact) mass is 890 g/mol. The molecule has 0 unspecified atom stereocenters. The molecule has 0 aliphatic heterocycles. The molecule has 0 aromatic heterocycles. The van der Waals surface area contributed by atoms with Gasteiger partial charge in [0.2, 0.25) is 0 Å². The third-order valence-corrected chi connectivity index (χ3v) is 12.5. The molecule has 8 aromatic rings. The Morgan fingerprint density at radius 1 is 0.171 bits per heavy atom. The summed E-state index contributed by atoms with van der Waals surface area (Å²) in [7, 11) is 0. The first kappa shape index (κ1) is 47.2. The van der Waals surface area contributed by atoms with E-state index < -0.39 is 10.8 Å². The van der Waals surface area contributed by atoms with Crippen molar-refractivity contribution in [3.05, 3.63) is 283 Å². The fourth-order valence-corrected chi connectivity index (χ4v) is 9.44. The zero-order valence-electron chi connectivity index (χ0n) is 40.5. The van der Waals surface area contributed by atoms with Gasteiger partial charge in [-0.25, -0.2) is 0 Å². The van der Waals surface area contributed by atoms with Crippen molar-refractivity contribution in [1.82, 2.24) is 0 Å². The lowest BCUT2D eigenvalue weighted by Gasteiger charge is -2.37. The zero-order chi connectivity index (χ0) is 48.8. The summed E-state index contributed by atoms with van der Waals surface area (Å²) in [6.45, 7) is 11.2. The largest absolute Gasteiger partial charge is 0.101 e. The highest BCUT2D eigenvalue weighted by atomic mass is 14.4. The average molecular weight is 891 g/mol. The molecule has 8 aromatic carbocycles. The summed E-state index contributed by atoms with van der Waals surface area (Å²) in [5.41, 5.74) is 15.2. The number of benzene rings is 8. The molecule has 70 heavy (non-hydrogen) atoms. The van der Waals surface area contributed by atoms with E-state index in [0.29, 0.717) is 0 Å². The first-order chi connectivity index (χ1) is 34.4. The maximum absolute atomic E-state index is 3.50. The molecule has 0 fully saturated rings. The topological polar surface area (TPSA) is 0 Å². The molecule has 0 aliphatic carbocycles. The second-order valence-electron chi connectivity index (χ2n) is 16.6. The summed E-state index contributed by atoms with van der Waals surface area (Å²) in [4.78, 5) is 0. The van der Waals surface area contributed by atoms with Crippen molar-refractivity contribution in [2.24, 2.45) is 0 Å². The molecule has 0 nitrogen and oxygen atoms in total. The molecule has 0 N–H and O–H groups in total. The van der Waals surface area contributed by atoms with Gasteiger partial charge in [-0.2, -0.15) is 0 Å². The van der Waals surface area contributed by atoms with Gasteiger partial charge in [-0.3, -0.25) is 0 Å². The standard InChI is InChI=1S/C70H50/c1-7-13-53-21-37-61(38-22-53)69(62-39-23-54(14-8-2)24-40-62,63-41-25-55(15-9-3)26-42-63)67-49-33-59(34-50-67)19-20-60-35-51-68(52-36-60)70(64-43-27-56(16-10-4)28-44-64,65-45-29-57(17-11-5)30-46-65)66-47-31-58(18-12-6)32-48-66/h21-52H,1-6H3. The van der Waals surface area contributed by atoms with Gasteiger partial charge in [-0.1, -0.05) is 144 Å². The third-order valence-electron chi connectivity index (χ3n) is 12.5. The van der Waals surface area contributed by atoms with E-state index >= 15 is 0 Å². The molecule has 0 saturated heterocycles. The molecule has 0 saturated carbocycles. The summed E-state index contributed by atoms with van der Waals surface area (Å²) >= 11 is 0. The average Bonchev–Trinajstić information content (AvgIpc) is 3.40. The molecule has 0 heteroatoms. The van der Waals surface area contributed by atoms with Gasteiger partial charge in [0.05, 0.1) is 10.8 Å². The van der Waals surface area contributed by atoms with Crippen molar-refractivity contribution in [2.75, 3.05) is 0 Å². The van der Waals surface area contributed by atoms with E-state index in [9.17, 15) is 0 Å². The maximum atomic E-state index is 3.50. The fourth-order valence-electron chi connectivity index (χ4n) is 9.44. The van der Waals surface area contributed by atoms with Crippen LogP contribution in [0.5, 0.6) is 0 Å². The van der Waals surface area contributed by atoms with Gasteiger partial charge in [-0.05, 0) is 183 Å². The lowest BCUT2D eigenvalue weighted by molar-refractivity contribution is 0.744. The van der Waals surface area contributed by atoms with Crippen LogP contribution in [0.25, 0.3) is 0 Å². The van der Waals surface area contributed by atoms with E-state index in [4.69, 9.17) is 0 Å². The number of rotatable bonds is 8. The lowest BCUT2D eigenvalue weighted by atomic mass is 9.64. The van der Waals surface area contributed by atoms with Crippen LogP contribution in [0.3, 0.4) is 0 Å². The van der Waals surface area contributed by atoms with Crippen LogP contribution in [0.15, 0.2) is 194 Å². The van der Waals surface area contributed by atoms with Crippen molar-refractivity contribution < 1.29 is 0 Å². The van der Waals surface area contributed by atoms with Gasteiger partial charge in [0, 0.05) is 44.5 Å². The van der Waals surface area contributed by atoms with E-state index in [0.717, 1.165) is 89.0 Å². The van der Waals surface area contributed by atoms with E-state index in [1.807, 2.05) is 41.5 Å². The number of hydrogen-bond acceptors (Lipinski definition) is 0. The molecule has 0 bridgehead atoms. The van der Waals surface area contributed by atoms with Crippen molar-refractivity contribution in [1.29, 1.82) is 0 Å². The van der Waals surface area contributed by atoms with Crippen molar-refractivity contribution >= 4 is 0 Å². The molecule has 0 spiro atoms. The Morgan fingerprint density at radius 2 is 0.286 bits per heavy atom. The second-order valence-corrected chi connectivity index (χ2v) is 16.6. The van der Waals surface area contributed by atoms with Crippen LogP contribution in [0.1, 0.15) is 131 Å². The predicted octanol–water partition coefficient (Wildman–Crippen LogP) is 14.1. The third kappa shape index (κ3) is 9.73.